The van der Waals surface area contributed by atoms with Gasteiger partial charge in [-0.25, -0.2) is 15.0 Å². The summed E-state index contributed by atoms with van der Waals surface area (Å²) in [6.45, 7) is 9.55. The van der Waals surface area contributed by atoms with Crippen molar-refractivity contribution in [2.45, 2.75) is 38.5 Å². The number of fused-ring (bicyclic) bond motifs is 7. The molecule has 0 N–H and O–H groups in total. The first-order chi connectivity index (χ1) is 23.3. The average molecular weight is 618 g/mol. The molecule has 7 aromatic carbocycles. The fourth-order valence-corrected chi connectivity index (χ4v) is 7.69. The molecule has 48 heavy (non-hydrogen) atoms. The molecule has 1 aliphatic rings. The Labute approximate surface area is 281 Å². The molecule has 0 fully saturated rings. The molecule has 0 spiro atoms. The Hall–Kier alpha value is -5.67. The highest BCUT2D eigenvalue weighted by molar-refractivity contribution is 6.14. The SMILES string of the molecule is CC1(C)c2ccccc2-c2cc3c(cc2C1(C)C)cc(-c1nc(-c2ccccc2)nc(-c2ccc4ccccc4c2)n1)c1ccccc13. The summed E-state index contributed by atoms with van der Waals surface area (Å²) in [5.74, 6) is 2.00. The zero-order chi connectivity index (χ0) is 32.6. The molecule has 230 valence electrons. The molecule has 1 aliphatic carbocycles. The van der Waals surface area contributed by atoms with Crippen LogP contribution in [0.25, 0.3) is 77.6 Å². The van der Waals surface area contributed by atoms with Crippen LogP contribution in [0.4, 0.5) is 0 Å². The molecule has 0 unspecified atom stereocenters. The number of rotatable bonds is 3. The van der Waals surface area contributed by atoms with Crippen LogP contribution in [0.15, 0.2) is 140 Å². The fourth-order valence-electron chi connectivity index (χ4n) is 7.69. The number of hydrogen-bond donors (Lipinski definition) is 0. The van der Waals surface area contributed by atoms with E-state index in [4.69, 9.17) is 15.0 Å². The van der Waals surface area contributed by atoms with Crippen LogP contribution in [0.3, 0.4) is 0 Å². The fraction of sp³-hybridized carbons (Fsp3) is 0.133. The lowest BCUT2D eigenvalue weighted by Crippen LogP contribution is -2.43. The smallest absolute Gasteiger partial charge is 0.164 e. The second-order valence-corrected chi connectivity index (χ2v) is 14.1. The number of benzene rings is 7. The van der Waals surface area contributed by atoms with Gasteiger partial charge in [-0.1, -0.05) is 143 Å². The van der Waals surface area contributed by atoms with Gasteiger partial charge in [0.2, 0.25) is 0 Å². The van der Waals surface area contributed by atoms with Crippen molar-refractivity contribution in [1.29, 1.82) is 0 Å². The van der Waals surface area contributed by atoms with Crippen LogP contribution >= 0.6 is 0 Å². The monoisotopic (exact) mass is 617 g/mol. The lowest BCUT2D eigenvalue weighted by Gasteiger charge is -2.48. The molecule has 0 radical (unpaired) electrons. The van der Waals surface area contributed by atoms with Gasteiger partial charge in [-0.2, -0.15) is 0 Å². The van der Waals surface area contributed by atoms with Gasteiger partial charge in [-0.05, 0) is 89.7 Å². The zero-order valence-electron chi connectivity index (χ0n) is 27.6. The Balaban J connectivity index is 1.33. The van der Waals surface area contributed by atoms with Crippen molar-refractivity contribution in [3.63, 3.8) is 0 Å². The minimum absolute atomic E-state index is 0.0441. The topological polar surface area (TPSA) is 38.7 Å². The second-order valence-electron chi connectivity index (χ2n) is 14.1. The molecule has 9 rings (SSSR count). The maximum absolute atomic E-state index is 5.21. The molecule has 0 amide bonds. The molecule has 8 aromatic rings. The van der Waals surface area contributed by atoms with Crippen molar-refractivity contribution in [3.8, 4) is 45.3 Å². The van der Waals surface area contributed by atoms with Crippen LogP contribution in [-0.2, 0) is 10.8 Å². The minimum atomic E-state index is -0.0897. The molecule has 0 aliphatic heterocycles. The Morgan fingerprint density at radius 2 is 0.979 bits per heavy atom. The summed E-state index contributed by atoms with van der Waals surface area (Å²) in [5.41, 5.74) is 8.24. The van der Waals surface area contributed by atoms with Gasteiger partial charge < -0.3 is 0 Å². The van der Waals surface area contributed by atoms with E-state index in [2.05, 4.69) is 149 Å². The van der Waals surface area contributed by atoms with Gasteiger partial charge in [0, 0.05) is 16.7 Å². The third kappa shape index (κ3) is 4.24. The quantitative estimate of drug-likeness (QED) is 0.185. The second kappa shape index (κ2) is 10.4. The first-order valence-electron chi connectivity index (χ1n) is 16.7. The van der Waals surface area contributed by atoms with Crippen LogP contribution < -0.4 is 0 Å². The third-order valence-electron chi connectivity index (χ3n) is 11.0. The van der Waals surface area contributed by atoms with E-state index in [1.165, 1.54) is 43.8 Å². The van der Waals surface area contributed by atoms with Crippen molar-refractivity contribution in [2.24, 2.45) is 0 Å². The van der Waals surface area contributed by atoms with E-state index in [-0.39, 0.29) is 10.8 Å². The van der Waals surface area contributed by atoms with E-state index >= 15 is 0 Å². The van der Waals surface area contributed by atoms with Gasteiger partial charge in [0.25, 0.3) is 0 Å². The highest BCUT2D eigenvalue weighted by Crippen LogP contribution is 2.55. The van der Waals surface area contributed by atoms with Gasteiger partial charge >= 0.3 is 0 Å². The first-order valence-corrected chi connectivity index (χ1v) is 16.7. The molecule has 0 saturated carbocycles. The Morgan fingerprint density at radius 1 is 0.354 bits per heavy atom. The van der Waals surface area contributed by atoms with Gasteiger partial charge in [0.15, 0.2) is 17.5 Å². The molecule has 1 aromatic heterocycles. The lowest BCUT2D eigenvalue weighted by molar-refractivity contribution is 0.299. The average Bonchev–Trinajstić information content (AvgIpc) is 3.13. The van der Waals surface area contributed by atoms with E-state index in [0.29, 0.717) is 17.5 Å². The van der Waals surface area contributed by atoms with Gasteiger partial charge in [-0.15, -0.1) is 0 Å². The van der Waals surface area contributed by atoms with Gasteiger partial charge in [0.1, 0.15) is 0 Å². The van der Waals surface area contributed by atoms with Crippen molar-refractivity contribution < 1.29 is 0 Å². The maximum atomic E-state index is 5.21. The van der Waals surface area contributed by atoms with E-state index in [9.17, 15) is 0 Å². The van der Waals surface area contributed by atoms with Crippen LogP contribution in [0.1, 0.15) is 38.8 Å². The molecule has 0 atom stereocenters. The Kier molecular flexibility index (Phi) is 6.20. The summed E-state index contributed by atoms with van der Waals surface area (Å²) in [6.07, 6.45) is 0. The molecular formula is C45H35N3. The van der Waals surface area contributed by atoms with Crippen molar-refractivity contribution in [1.82, 2.24) is 15.0 Å². The number of nitrogens with zero attached hydrogens (tertiary/aromatic N) is 3. The lowest BCUT2D eigenvalue weighted by atomic mass is 9.55. The minimum Gasteiger partial charge on any atom is -0.208 e. The van der Waals surface area contributed by atoms with Crippen molar-refractivity contribution >= 4 is 32.3 Å². The molecule has 3 heteroatoms. The molecule has 0 bridgehead atoms. The van der Waals surface area contributed by atoms with E-state index in [1.807, 2.05) is 18.2 Å². The van der Waals surface area contributed by atoms with Gasteiger partial charge in [-0.3, -0.25) is 0 Å². The van der Waals surface area contributed by atoms with E-state index in [0.717, 1.165) is 27.5 Å². The summed E-state index contributed by atoms with van der Waals surface area (Å²) in [5, 5.41) is 7.11. The van der Waals surface area contributed by atoms with Crippen molar-refractivity contribution in [3.05, 3.63) is 151 Å². The first kappa shape index (κ1) is 28.5. The molecule has 0 saturated heterocycles. The third-order valence-corrected chi connectivity index (χ3v) is 11.0. The molecule has 3 nitrogen and oxygen atoms in total. The Bertz CT molecular complexity index is 2560. The summed E-state index contributed by atoms with van der Waals surface area (Å²) >= 11 is 0. The Morgan fingerprint density at radius 3 is 1.79 bits per heavy atom. The normalized spacial score (nSPS) is 14.6. The van der Waals surface area contributed by atoms with Crippen LogP contribution in [0, 0.1) is 0 Å². The zero-order valence-corrected chi connectivity index (χ0v) is 27.6. The molecule has 1 heterocycles. The summed E-state index contributed by atoms with van der Waals surface area (Å²) in [7, 11) is 0. The molecular weight excluding hydrogens is 583 g/mol. The van der Waals surface area contributed by atoms with Gasteiger partial charge in [0.05, 0.1) is 0 Å². The van der Waals surface area contributed by atoms with Crippen molar-refractivity contribution in [2.75, 3.05) is 0 Å². The summed E-state index contributed by atoms with van der Waals surface area (Å²) < 4.78 is 0. The summed E-state index contributed by atoms with van der Waals surface area (Å²) in [6, 6.07) is 49.8. The largest absolute Gasteiger partial charge is 0.208 e. The van der Waals surface area contributed by atoms with Crippen LogP contribution in [0.5, 0.6) is 0 Å². The summed E-state index contributed by atoms with van der Waals surface area (Å²) in [4.78, 5) is 15.4. The van der Waals surface area contributed by atoms with E-state index < -0.39 is 0 Å². The highest BCUT2D eigenvalue weighted by Gasteiger charge is 2.45. The standard InChI is InChI=1S/C45H35N3/c1-44(2)39-21-13-12-20-35(39)37-27-36-32(26-40(37)45(44,3)4)25-38(34-19-11-10-18-33(34)36)43-47-41(29-15-6-5-7-16-29)46-42(48-43)31-23-22-28-14-8-9-17-30(28)24-31/h5-27H,1-4H3. The van der Waals surface area contributed by atoms with Crippen LogP contribution in [-0.4, -0.2) is 15.0 Å². The highest BCUT2D eigenvalue weighted by atomic mass is 15.0. The predicted octanol–water partition coefficient (Wildman–Crippen LogP) is 11.6. The predicted molar refractivity (Wildman–Crippen MR) is 200 cm³/mol. The van der Waals surface area contributed by atoms with Crippen LogP contribution in [0.2, 0.25) is 0 Å². The van der Waals surface area contributed by atoms with E-state index in [1.54, 1.807) is 0 Å². The maximum Gasteiger partial charge on any atom is 0.164 e. The number of hydrogen-bond acceptors (Lipinski definition) is 3. The number of aromatic nitrogens is 3.